The first-order chi connectivity index (χ1) is 27.2. The molecule has 3 N–H and O–H groups in total. The molecular formula is C44H50F6N2O6. The molecule has 8 nitrogen and oxygen atoms in total. The largest absolute Gasteiger partial charge is 0.490 e. The van der Waals surface area contributed by atoms with E-state index in [-0.39, 0.29) is 50.7 Å². The Morgan fingerprint density at radius 1 is 0.724 bits per heavy atom. The number of hydrogen-bond donors (Lipinski definition) is 2. The Balaban J connectivity index is 1.06. The van der Waals surface area contributed by atoms with Crippen molar-refractivity contribution in [2.24, 2.45) is 23.5 Å². The number of nitrogens with two attached hydrogens (primary N) is 1. The molecule has 0 aromatic heterocycles. The van der Waals surface area contributed by atoms with Crippen LogP contribution in [0.4, 0.5) is 26.3 Å². The van der Waals surface area contributed by atoms with Gasteiger partial charge in [0.1, 0.15) is 11.5 Å². The fraction of sp³-hybridized carbons (Fsp3) is 0.523. The molecule has 0 bridgehead atoms. The highest BCUT2D eigenvalue weighted by atomic mass is 19.4. The Morgan fingerprint density at radius 3 is 1.57 bits per heavy atom. The van der Waals surface area contributed by atoms with Crippen molar-refractivity contribution in [2.75, 3.05) is 0 Å². The fourth-order valence-electron chi connectivity index (χ4n) is 8.64. The molecule has 4 aromatic rings. The van der Waals surface area contributed by atoms with Gasteiger partial charge < -0.3 is 20.3 Å². The summed E-state index contributed by atoms with van der Waals surface area (Å²) in [7, 11) is 0. The third-order valence-corrected chi connectivity index (χ3v) is 12.4. The number of nitro groups is 1. The Morgan fingerprint density at radius 2 is 1.14 bits per heavy atom. The Hall–Kier alpha value is -4.59. The summed E-state index contributed by atoms with van der Waals surface area (Å²) in [5.41, 5.74) is 5.37. The van der Waals surface area contributed by atoms with E-state index in [1.165, 1.54) is 6.92 Å². The smallest absolute Gasteiger partial charge is 0.391 e. The fourth-order valence-corrected chi connectivity index (χ4v) is 8.64. The number of aliphatic carboxylic acids is 1. The van der Waals surface area contributed by atoms with E-state index in [1.54, 1.807) is 42.5 Å². The Kier molecular flexibility index (Phi) is 12.6. The van der Waals surface area contributed by atoms with E-state index in [0.717, 1.165) is 21.7 Å². The van der Waals surface area contributed by atoms with Gasteiger partial charge in [0.2, 0.25) is 5.54 Å². The van der Waals surface area contributed by atoms with Gasteiger partial charge in [0.25, 0.3) is 0 Å². The van der Waals surface area contributed by atoms with Crippen molar-refractivity contribution >= 4 is 27.5 Å². The summed E-state index contributed by atoms with van der Waals surface area (Å²) in [5.74, 6) is -3.69. The van der Waals surface area contributed by atoms with Crippen LogP contribution in [0, 0.1) is 27.9 Å². The average Bonchev–Trinajstić information content (AvgIpc) is 3.16. The minimum atomic E-state index is -4.21. The minimum absolute atomic E-state index is 0.0159. The van der Waals surface area contributed by atoms with Crippen molar-refractivity contribution in [2.45, 2.75) is 127 Å². The highest BCUT2D eigenvalue weighted by Gasteiger charge is 2.45. The van der Waals surface area contributed by atoms with Crippen LogP contribution in [0.25, 0.3) is 21.5 Å². The van der Waals surface area contributed by atoms with Gasteiger partial charge in [-0.1, -0.05) is 42.8 Å². The Bertz CT molecular complexity index is 2090. The second kappa shape index (κ2) is 16.9. The molecule has 0 saturated heterocycles. The number of carboxylic acids is 1. The van der Waals surface area contributed by atoms with Crippen LogP contribution >= 0.6 is 0 Å². The lowest BCUT2D eigenvalue weighted by Crippen LogP contribution is -2.37. The first kappa shape index (κ1) is 43.0. The van der Waals surface area contributed by atoms with E-state index >= 15 is 0 Å². The van der Waals surface area contributed by atoms with Crippen LogP contribution in [0.5, 0.6) is 11.5 Å². The van der Waals surface area contributed by atoms with E-state index in [9.17, 15) is 46.4 Å². The van der Waals surface area contributed by atoms with Gasteiger partial charge >= 0.3 is 18.3 Å². The lowest BCUT2D eigenvalue weighted by atomic mass is 9.79. The van der Waals surface area contributed by atoms with Crippen molar-refractivity contribution in [1.29, 1.82) is 0 Å². The van der Waals surface area contributed by atoms with Crippen LogP contribution < -0.4 is 15.2 Å². The summed E-state index contributed by atoms with van der Waals surface area (Å²) in [4.78, 5) is 24.7. The number of carboxylic acid groups (broad SMARTS) is 1. The molecule has 2 aliphatic carbocycles. The molecular weight excluding hydrogens is 766 g/mol. The maximum absolute atomic E-state index is 13.1. The number of carbonyl (C=O) groups is 1. The summed E-state index contributed by atoms with van der Waals surface area (Å²) < 4.78 is 90.5. The molecule has 14 heteroatoms. The summed E-state index contributed by atoms with van der Waals surface area (Å²) in [6, 6.07) is 21.4. The van der Waals surface area contributed by atoms with Crippen LogP contribution in [0.2, 0.25) is 0 Å². The lowest BCUT2D eigenvalue weighted by molar-refractivity contribution is -0.577. The molecule has 2 saturated carbocycles. The van der Waals surface area contributed by atoms with Gasteiger partial charge in [0, 0.05) is 29.4 Å². The van der Waals surface area contributed by atoms with Crippen LogP contribution in [0.3, 0.4) is 0 Å². The SMILES string of the molecule is CC(N)(CCCC(CC(C)(c1ccc2cc(OC3CCC(C(F)(F)F)CC3)ccc2c1)[N+](=O)[O-])C(=O)O)c1ccc2cc(OC3CCC(C(F)(F)F)CC3)ccc2c1. The predicted molar refractivity (Wildman–Crippen MR) is 208 cm³/mol. The van der Waals surface area contributed by atoms with E-state index in [2.05, 4.69) is 0 Å². The van der Waals surface area contributed by atoms with Crippen LogP contribution in [-0.4, -0.2) is 40.6 Å². The van der Waals surface area contributed by atoms with Gasteiger partial charge in [-0.2, -0.15) is 26.3 Å². The molecule has 6 rings (SSSR count). The first-order valence-electron chi connectivity index (χ1n) is 19.9. The van der Waals surface area contributed by atoms with Crippen LogP contribution in [0.15, 0.2) is 72.8 Å². The number of rotatable bonds is 14. The van der Waals surface area contributed by atoms with Crippen molar-refractivity contribution in [1.82, 2.24) is 0 Å². The zero-order valence-electron chi connectivity index (χ0n) is 32.6. The van der Waals surface area contributed by atoms with Gasteiger partial charge in [-0.25, -0.2) is 0 Å². The molecule has 2 aliphatic rings. The minimum Gasteiger partial charge on any atom is -0.490 e. The van der Waals surface area contributed by atoms with Gasteiger partial charge in [-0.05, 0) is 135 Å². The highest BCUT2D eigenvalue weighted by molar-refractivity contribution is 5.85. The van der Waals surface area contributed by atoms with E-state index < -0.39 is 52.1 Å². The number of hydrogen-bond acceptors (Lipinski definition) is 6. The first-order valence-corrected chi connectivity index (χ1v) is 19.9. The average molecular weight is 817 g/mol. The second-order valence-electron chi connectivity index (χ2n) is 16.8. The molecule has 3 unspecified atom stereocenters. The number of benzene rings is 4. The molecule has 2 fully saturated rings. The van der Waals surface area contributed by atoms with E-state index in [0.29, 0.717) is 61.0 Å². The molecule has 58 heavy (non-hydrogen) atoms. The lowest BCUT2D eigenvalue weighted by Gasteiger charge is -2.30. The Labute approximate surface area is 333 Å². The monoisotopic (exact) mass is 816 g/mol. The summed E-state index contributed by atoms with van der Waals surface area (Å²) in [6.45, 7) is 3.28. The third-order valence-electron chi connectivity index (χ3n) is 12.4. The van der Waals surface area contributed by atoms with Crippen molar-refractivity contribution in [3.8, 4) is 11.5 Å². The molecule has 0 radical (unpaired) electrons. The predicted octanol–water partition coefficient (Wildman–Crippen LogP) is 11.6. The molecule has 0 spiro atoms. The maximum Gasteiger partial charge on any atom is 0.391 e. The van der Waals surface area contributed by atoms with Gasteiger partial charge in [-0.15, -0.1) is 0 Å². The van der Waals surface area contributed by atoms with Gasteiger partial charge in [-0.3, -0.25) is 14.9 Å². The van der Waals surface area contributed by atoms with Crippen molar-refractivity contribution in [3.63, 3.8) is 0 Å². The normalized spacial score (nSPS) is 23.1. The van der Waals surface area contributed by atoms with E-state index in [1.807, 2.05) is 37.3 Å². The van der Waals surface area contributed by atoms with Crippen LogP contribution in [-0.2, 0) is 15.9 Å². The van der Waals surface area contributed by atoms with Crippen molar-refractivity contribution < 1.29 is 50.6 Å². The number of ether oxygens (including phenoxy) is 2. The standard InChI is InChI=1S/C44H50F6N2O6/c1-41(51,34-9-5-29-24-38(15-7-27(29)22-34)57-36-17-11-32(12-18-36)43(45,46)47)21-3-4-31(40(53)54)26-42(2,52(55)56)35-10-6-30-25-39(16-8-28(30)23-35)58-37-19-13-33(14-20-37)44(48,49)50/h5-10,15-16,22-25,31-33,36-37H,3-4,11-14,17-21,26,51H2,1-2H3,(H,53,54). The molecule has 0 heterocycles. The number of alkyl halides is 6. The quantitative estimate of drug-likeness (QED) is 0.0737. The number of halogens is 6. The number of nitrogens with zero attached hydrogens (tertiary/aromatic N) is 1. The maximum atomic E-state index is 13.1. The third kappa shape index (κ3) is 10.2. The van der Waals surface area contributed by atoms with E-state index in [4.69, 9.17) is 15.2 Å². The zero-order valence-corrected chi connectivity index (χ0v) is 32.6. The summed E-state index contributed by atoms with van der Waals surface area (Å²) in [5, 5.41) is 26.0. The van der Waals surface area contributed by atoms with Crippen LogP contribution in [0.1, 0.15) is 102 Å². The topological polar surface area (TPSA) is 125 Å². The van der Waals surface area contributed by atoms with Gasteiger partial charge in [0.15, 0.2) is 0 Å². The van der Waals surface area contributed by atoms with Gasteiger partial charge in [0.05, 0.1) is 30.0 Å². The number of fused-ring (bicyclic) bond motifs is 2. The highest BCUT2D eigenvalue weighted by Crippen LogP contribution is 2.41. The molecule has 314 valence electrons. The zero-order chi connectivity index (χ0) is 42.0. The summed E-state index contributed by atoms with van der Waals surface area (Å²) >= 11 is 0. The molecule has 3 atom stereocenters. The second-order valence-corrected chi connectivity index (χ2v) is 16.8. The summed E-state index contributed by atoms with van der Waals surface area (Å²) in [6.07, 6.45) is -6.90. The molecule has 0 amide bonds. The van der Waals surface area contributed by atoms with Crippen molar-refractivity contribution in [3.05, 3.63) is 94.0 Å². The molecule has 0 aliphatic heterocycles. The molecule has 4 aromatic carbocycles.